The number of carbonyl (C=O) groups is 1. The van der Waals surface area contributed by atoms with Gasteiger partial charge in [0, 0.05) is 10.9 Å². The van der Waals surface area contributed by atoms with Gasteiger partial charge in [0.15, 0.2) is 0 Å². The molecular weight excluding hydrogens is 310 g/mol. The molecule has 0 fully saturated rings. The van der Waals surface area contributed by atoms with Gasteiger partial charge in [0.2, 0.25) is 0 Å². The Morgan fingerprint density at radius 3 is 2.79 bits per heavy atom. The standard InChI is InChI=1S/C14H18BrNO3/c1-14(2,3)19-13(18)16-12-10-5-4-9(15)6-8(10)7-11(12)17/h4-6,11-12,17H,7H2,1-3H3,(H,16,18)/t11-,12+/m1/s1. The fourth-order valence-electron chi connectivity index (χ4n) is 2.21. The summed E-state index contributed by atoms with van der Waals surface area (Å²) in [4.78, 5) is 11.8. The van der Waals surface area contributed by atoms with Gasteiger partial charge in [-0.25, -0.2) is 4.79 Å². The zero-order valence-electron chi connectivity index (χ0n) is 11.2. The highest BCUT2D eigenvalue weighted by molar-refractivity contribution is 9.10. The molecule has 0 heterocycles. The summed E-state index contributed by atoms with van der Waals surface area (Å²) in [7, 11) is 0. The summed E-state index contributed by atoms with van der Waals surface area (Å²) < 4.78 is 6.19. The lowest BCUT2D eigenvalue weighted by molar-refractivity contribution is 0.0438. The fourth-order valence-corrected chi connectivity index (χ4v) is 2.62. The van der Waals surface area contributed by atoms with Gasteiger partial charge in [0.1, 0.15) is 5.60 Å². The SMILES string of the molecule is CC(C)(C)OC(=O)N[C@H]1c2ccc(Br)cc2C[C@H]1O. The summed E-state index contributed by atoms with van der Waals surface area (Å²) in [6, 6.07) is 5.38. The lowest BCUT2D eigenvalue weighted by Crippen LogP contribution is -2.38. The van der Waals surface area contributed by atoms with Crippen molar-refractivity contribution in [3.8, 4) is 0 Å². The molecule has 1 aliphatic carbocycles. The van der Waals surface area contributed by atoms with Crippen LogP contribution in [-0.4, -0.2) is 22.9 Å². The first-order chi connectivity index (χ1) is 8.76. The Hall–Kier alpha value is -1.07. The molecule has 0 spiro atoms. The minimum Gasteiger partial charge on any atom is -0.444 e. The van der Waals surface area contributed by atoms with Crippen LogP contribution in [0.25, 0.3) is 0 Å². The van der Waals surface area contributed by atoms with Gasteiger partial charge >= 0.3 is 6.09 Å². The molecule has 2 N–H and O–H groups in total. The monoisotopic (exact) mass is 327 g/mol. The normalized spacial score (nSPS) is 21.9. The molecule has 0 saturated carbocycles. The van der Waals surface area contributed by atoms with Crippen molar-refractivity contribution in [2.45, 2.75) is 44.9 Å². The van der Waals surface area contributed by atoms with E-state index in [0.717, 1.165) is 15.6 Å². The Kier molecular flexibility index (Phi) is 3.87. The smallest absolute Gasteiger partial charge is 0.408 e. The summed E-state index contributed by atoms with van der Waals surface area (Å²) >= 11 is 3.40. The van der Waals surface area contributed by atoms with Crippen LogP contribution < -0.4 is 5.32 Å². The minimum atomic E-state index is -0.614. The summed E-state index contributed by atoms with van der Waals surface area (Å²) in [5.41, 5.74) is 1.44. The van der Waals surface area contributed by atoms with Crippen molar-refractivity contribution in [2.24, 2.45) is 0 Å². The Morgan fingerprint density at radius 2 is 2.16 bits per heavy atom. The third-order valence-corrected chi connectivity index (χ3v) is 3.42. The number of aliphatic hydroxyl groups is 1. The first-order valence-corrected chi connectivity index (χ1v) is 7.01. The number of benzene rings is 1. The molecule has 0 radical (unpaired) electrons. The molecule has 104 valence electrons. The van der Waals surface area contributed by atoms with Gasteiger partial charge in [-0.2, -0.15) is 0 Å². The molecule has 1 aromatic carbocycles. The average Bonchev–Trinajstić information content (AvgIpc) is 2.51. The van der Waals surface area contributed by atoms with Crippen molar-refractivity contribution in [3.05, 3.63) is 33.8 Å². The molecule has 0 saturated heterocycles. The second-order valence-electron chi connectivity index (χ2n) is 5.74. The lowest BCUT2D eigenvalue weighted by atomic mass is 10.1. The van der Waals surface area contributed by atoms with E-state index in [0.29, 0.717) is 6.42 Å². The quantitative estimate of drug-likeness (QED) is 0.833. The van der Waals surface area contributed by atoms with Crippen LogP contribution in [0.5, 0.6) is 0 Å². The van der Waals surface area contributed by atoms with Crippen LogP contribution in [0.4, 0.5) is 4.79 Å². The number of carbonyl (C=O) groups excluding carboxylic acids is 1. The molecule has 1 aromatic rings. The maximum Gasteiger partial charge on any atom is 0.408 e. The Balaban J connectivity index is 2.12. The lowest BCUT2D eigenvalue weighted by Gasteiger charge is -2.23. The molecule has 5 heteroatoms. The fraction of sp³-hybridized carbons (Fsp3) is 0.500. The minimum absolute atomic E-state index is 0.405. The number of amides is 1. The zero-order valence-corrected chi connectivity index (χ0v) is 12.8. The highest BCUT2D eigenvalue weighted by Crippen LogP contribution is 2.33. The maximum atomic E-state index is 11.8. The van der Waals surface area contributed by atoms with Gasteiger partial charge in [-0.05, 0) is 44.0 Å². The molecule has 0 unspecified atom stereocenters. The van der Waals surface area contributed by atoms with Gasteiger partial charge in [0.05, 0.1) is 12.1 Å². The number of fused-ring (bicyclic) bond motifs is 1. The van der Waals surface area contributed by atoms with Crippen LogP contribution in [0.15, 0.2) is 22.7 Å². The highest BCUT2D eigenvalue weighted by atomic mass is 79.9. The van der Waals surface area contributed by atoms with Gasteiger partial charge in [0.25, 0.3) is 0 Å². The third kappa shape index (κ3) is 3.48. The van der Waals surface area contributed by atoms with Crippen LogP contribution in [0.2, 0.25) is 0 Å². The molecule has 0 aromatic heterocycles. The zero-order chi connectivity index (χ0) is 14.2. The van der Waals surface area contributed by atoms with Crippen molar-refractivity contribution in [3.63, 3.8) is 0 Å². The number of nitrogens with one attached hydrogen (secondary N) is 1. The second kappa shape index (κ2) is 5.13. The third-order valence-electron chi connectivity index (χ3n) is 2.93. The topological polar surface area (TPSA) is 58.6 Å². The van der Waals surface area contributed by atoms with E-state index in [1.807, 2.05) is 39.0 Å². The molecule has 0 aliphatic heterocycles. The van der Waals surface area contributed by atoms with E-state index >= 15 is 0 Å². The molecular formula is C14H18BrNO3. The highest BCUT2D eigenvalue weighted by Gasteiger charge is 2.33. The summed E-state index contributed by atoms with van der Waals surface area (Å²) in [5.74, 6) is 0. The Morgan fingerprint density at radius 1 is 1.47 bits per heavy atom. The van der Waals surface area contributed by atoms with Crippen molar-refractivity contribution >= 4 is 22.0 Å². The number of aliphatic hydroxyl groups excluding tert-OH is 1. The molecule has 1 amide bonds. The predicted octanol–water partition coefficient (Wildman–Crippen LogP) is 2.93. The molecule has 19 heavy (non-hydrogen) atoms. The van der Waals surface area contributed by atoms with E-state index in [1.165, 1.54) is 0 Å². The number of ether oxygens (including phenoxy) is 1. The molecule has 0 bridgehead atoms. The number of alkyl carbamates (subject to hydrolysis) is 1. The van der Waals surface area contributed by atoms with Crippen molar-refractivity contribution in [2.75, 3.05) is 0 Å². The number of halogens is 1. The Labute approximate surface area is 121 Å². The Bertz CT molecular complexity index is 496. The van der Waals surface area contributed by atoms with Gasteiger partial charge in [-0.1, -0.05) is 22.0 Å². The number of rotatable bonds is 1. The van der Waals surface area contributed by atoms with Crippen molar-refractivity contribution in [1.82, 2.24) is 5.32 Å². The van der Waals surface area contributed by atoms with E-state index in [4.69, 9.17) is 4.74 Å². The van der Waals surface area contributed by atoms with E-state index in [9.17, 15) is 9.90 Å². The predicted molar refractivity (Wildman–Crippen MR) is 76.0 cm³/mol. The van der Waals surface area contributed by atoms with E-state index < -0.39 is 23.8 Å². The van der Waals surface area contributed by atoms with Gasteiger partial charge < -0.3 is 15.2 Å². The average molecular weight is 328 g/mol. The molecule has 2 atom stereocenters. The van der Waals surface area contributed by atoms with Gasteiger partial charge in [-0.3, -0.25) is 0 Å². The van der Waals surface area contributed by atoms with Crippen LogP contribution in [0.3, 0.4) is 0 Å². The maximum absolute atomic E-state index is 11.8. The molecule has 2 rings (SSSR count). The largest absolute Gasteiger partial charge is 0.444 e. The summed E-state index contributed by atoms with van der Waals surface area (Å²) in [6.07, 6.45) is -0.584. The van der Waals surface area contributed by atoms with E-state index in [-0.39, 0.29) is 0 Å². The van der Waals surface area contributed by atoms with Crippen LogP contribution in [0, 0.1) is 0 Å². The summed E-state index contributed by atoms with van der Waals surface area (Å²) in [6.45, 7) is 5.42. The van der Waals surface area contributed by atoms with Gasteiger partial charge in [-0.15, -0.1) is 0 Å². The first-order valence-electron chi connectivity index (χ1n) is 6.22. The number of hydrogen-bond donors (Lipinski definition) is 2. The van der Waals surface area contributed by atoms with Crippen molar-refractivity contribution in [1.29, 1.82) is 0 Å². The molecule has 1 aliphatic rings. The van der Waals surface area contributed by atoms with E-state index in [1.54, 1.807) is 0 Å². The molecule has 4 nitrogen and oxygen atoms in total. The second-order valence-corrected chi connectivity index (χ2v) is 6.65. The van der Waals surface area contributed by atoms with Crippen LogP contribution >= 0.6 is 15.9 Å². The van der Waals surface area contributed by atoms with Crippen LogP contribution in [0.1, 0.15) is 37.9 Å². The summed E-state index contributed by atoms with van der Waals surface area (Å²) in [5, 5.41) is 12.8. The van der Waals surface area contributed by atoms with Crippen molar-refractivity contribution < 1.29 is 14.6 Å². The first kappa shape index (κ1) is 14.3. The number of hydrogen-bond acceptors (Lipinski definition) is 3. The van der Waals surface area contributed by atoms with Crippen LogP contribution in [-0.2, 0) is 11.2 Å². The van der Waals surface area contributed by atoms with E-state index in [2.05, 4.69) is 21.2 Å².